The van der Waals surface area contributed by atoms with Gasteiger partial charge >= 0.3 is 11.6 Å². The summed E-state index contributed by atoms with van der Waals surface area (Å²) in [6.45, 7) is 1.52. The third kappa shape index (κ3) is 2.73. The Balaban J connectivity index is 1.72. The highest BCUT2D eigenvalue weighted by atomic mass is 16.5. The first-order chi connectivity index (χ1) is 15.4. The summed E-state index contributed by atoms with van der Waals surface area (Å²) in [6, 6.07) is 17.3. The highest BCUT2D eigenvalue weighted by Crippen LogP contribution is 2.52. The fourth-order valence-electron chi connectivity index (χ4n) is 4.28. The molecule has 1 aromatic heterocycles. The number of fused-ring (bicyclic) bond motifs is 4. The van der Waals surface area contributed by atoms with Gasteiger partial charge in [0.25, 0.3) is 0 Å². The first kappa shape index (κ1) is 19.6. The molecule has 0 fully saturated rings. The maximum Gasteiger partial charge on any atom is 0.344 e. The van der Waals surface area contributed by atoms with Crippen molar-refractivity contribution in [3.8, 4) is 5.75 Å². The first-order valence-corrected chi connectivity index (χ1v) is 9.88. The molecule has 0 unspecified atom stereocenters. The van der Waals surface area contributed by atoms with Crippen molar-refractivity contribution < 1.29 is 23.5 Å². The van der Waals surface area contributed by atoms with Crippen LogP contribution < -0.4 is 21.4 Å². The van der Waals surface area contributed by atoms with E-state index in [1.807, 2.05) is 18.2 Å². The van der Waals surface area contributed by atoms with Crippen molar-refractivity contribution in [2.24, 2.45) is 5.73 Å². The lowest BCUT2D eigenvalue weighted by atomic mass is 9.69. The molecular formula is C24H18N2O6. The standard InChI is InChI=1S/C24H18N2O6/c1-13-11-17-18(22(28)31-13)24(15-9-5-6-10-16(15)26-23(24)29)19(20(25)32-17)21(27)30-12-14-7-3-2-4-8-14/h2-11H,12,25H2,1H3,(H,26,29)/t24-/m1/s1. The molecule has 160 valence electrons. The van der Waals surface area contributed by atoms with Crippen molar-refractivity contribution in [1.29, 1.82) is 0 Å². The monoisotopic (exact) mass is 430 g/mol. The zero-order valence-corrected chi connectivity index (χ0v) is 17.0. The number of rotatable bonds is 3. The van der Waals surface area contributed by atoms with Crippen molar-refractivity contribution in [3.63, 3.8) is 0 Å². The Kier molecular flexibility index (Phi) is 4.37. The van der Waals surface area contributed by atoms with Crippen LogP contribution in [0.2, 0.25) is 0 Å². The van der Waals surface area contributed by atoms with Gasteiger partial charge in [0.2, 0.25) is 11.8 Å². The summed E-state index contributed by atoms with van der Waals surface area (Å²) in [5, 5.41) is 2.75. The molecular weight excluding hydrogens is 412 g/mol. The fraction of sp³-hybridized carbons (Fsp3) is 0.125. The Morgan fingerprint density at radius 3 is 2.59 bits per heavy atom. The molecule has 3 heterocycles. The van der Waals surface area contributed by atoms with Crippen LogP contribution in [0.25, 0.3) is 0 Å². The van der Waals surface area contributed by atoms with Gasteiger partial charge in [0, 0.05) is 17.3 Å². The highest BCUT2D eigenvalue weighted by molar-refractivity contribution is 6.17. The quantitative estimate of drug-likeness (QED) is 0.613. The van der Waals surface area contributed by atoms with Crippen molar-refractivity contribution in [3.05, 3.63) is 105 Å². The molecule has 2 aromatic carbocycles. The van der Waals surface area contributed by atoms with Gasteiger partial charge in [-0.05, 0) is 18.6 Å². The maximum absolute atomic E-state index is 13.5. The Morgan fingerprint density at radius 1 is 1.09 bits per heavy atom. The molecule has 3 N–H and O–H groups in total. The third-order valence-corrected chi connectivity index (χ3v) is 5.59. The maximum atomic E-state index is 13.5. The Bertz CT molecular complexity index is 1360. The highest BCUT2D eigenvalue weighted by Gasteiger charge is 2.60. The summed E-state index contributed by atoms with van der Waals surface area (Å²) in [6.07, 6.45) is 0. The van der Waals surface area contributed by atoms with Crippen LogP contribution in [0.15, 0.2) is 81.3 Å². The van der Waals surface area contributed by atoms with E-state index in [0.29, 0.717) is 11.3 Å². The SMILES string of the molecule is Cc1cc2c(c(=O)o1)[C@@]1(C(=O)Nc3ccccc31)C(C(=O)OCc1ccccc1)=C(N)O2. The molecule has 0 bridgehead atoms. The topological polar surface area (TPSA) is 121 Å². The van der Waals surface area contributed by atoms with Crippen molar-refractivity contribution in [2.75, 3.05) is 5.32 Å². The lowest BCUT2D eigenvalue weighted by Crippen LogP contribution is -2.48. The molecule has 1 amide bonds. The number of nitrogens with one attached hydrogen (secondary N) is 1. The number of hydrogen-bond acceptors (Lipinski definition) is 7. The van der Waals surface area contributed by atoms with Crippen LogP contribution in [0.4, 0.5) is 5.69 Å². The van der Waals surface area contributed by atoms with Gasteiger partial charge < -0.3 is 24.9 Å². The van der Waals surface area contributed by atoms with Crippen LogP contribution in [-0.4, -0.2) is 11.9 Å². The summed E-state index contributed by atoms with van der Waals surface area (Å²) in [4.78, 5) is 39.8. The Labute approximate surface area is 182 Å². The minimum Gasteiger partial charge on any atom is -0.457 e. The molecule has 1 spiro atoms. The van der Waals surface area contributed by atoms with E-state index in [-0.39, 0.29) is 35.1 Å². The van der Waals surface area contributed by atoms with E-state index in [9.17, 15) is 14.4 Å². The lowest BCUT2D eigenvalue weighted by Gasteiger charge is -2.34. The number of para-hydroxylation sites is 1. The summed E-state index contributed by atoms with van der Waals surface area (Å²) in [5.41, 5.74) is 4.72. The second kappa shape index (κ2) is 7.12. The second-order valence-electron chi connectivity index (χ2n) is 7.54. The number of anilines is 1. The third-order valence-electron chi connectivity index (χ3n) is 5.59. The van der Waals surface area contributed by atoms with Crippen LogP contribution in [-0.2, 0) is 26.3 Å². The van der Waals surface area contributed by atoms with Crippen LogP contribution in [0.1, 0.15) is 22.5 Å². The smallest absolute Gasteiger partial charge is 0.344 e. The molecule has 8 heteroatoms. The normalized spacial score (nSPS) is 18.6. The van der Waals surface area contributed by atoms with E-state index in [1.54, 1.807) is 43.3 Å². The number of carbonyl (C=O) groups excluding carboxylic acids is 2. The van der Waals surface area contributed by atoms with Gasteiger partial charge in [-0.25, -0.2) is 9.59 Å². The Hall–Kier alpha value is -4.33. The zero-order valence-electron chi connectivity index (χ0n) is 17.0. The van der Waals surface area contributed by atoms with Gasteiger partial charge in [-0.2, -0.15) is 0 Å². The largest absolute Gasteiger partial charge is 0.457 e. The van der Waals surface area contributed by atoms with Crippen LogP contribution in [0, 0.1) is 6.92 Å². The van der Waals surface area contributed by atoms with E-state index in [0.717, 1.165) is 5.56 Å². The van der Waals surface area contributed by atoms with Gasteiger partial charge in [-0.3, -0.25) is 4.79 Å². The van der Waals surface area contributed by atoms with E-state index in [1.165, 1.54) is 6.07 Å². The predicted octanol–water partition coefficient (Wildman–Crippen LogP) is 2.49. The number of amides is 1. The number of nitrogens with two attached hydrogens (primary N) is 1. The van der Waals surface area contributed by atoms with E-state index in [4.69, 9.17) is 19.6 Å². The van der Waals surface area contributed by atoms with Gasteiger partial charge in [0.1, 0.15) is 34.7 Å². The van der Waals surface area contributed by atoms with Crippen molar-refractivity contribution in [2.45, 2.75) is 18.9 Å². The lowest BCUT2D eigenvalue weighted by molar-refractivity contribution is -0.142. The predicted molar refractivity (Wildman–Crippen MR) is 114 cm³/mol. The van der Waals surface area contributed by atoms with Crippen LogP contribution >= 0.6 is 0 Å². The number of ether oxygens (including phenoxy) is 2. The van der Waals surface area contributed by atoms with Crippen LogP contribution in [0.5, 0.6) is 5.75 Å². The summed E-state index contributed by atoms with van der Waals surface area (Å²) >= 11 is 0. The summed E-state index contributed by atoms with van der Waals surface area (Å²) in [5.74, 6) is -1.47. The molecule has 32 heavy (non-hydrogen) atoms. The molecule has 2 aliphatic heterocycles. The molecule has 8 nitrogen and oxygen atoms in total. The van der Waals surface area contributed by atoms with E-state index >= 15 is 0 Å². The minimum absolute atomic E-state index is 0.0504. The molecule has 0 aliphatic carbocycles. The molecule has 1 atom stereocenters. The average molecular weight is 430 g/mol. The van der Waals surface area contributed by atoms with E-state index < -0.39 is 22.9 Å². The number of esters is 1. The Morgan fingerprint density at radius 2 is 1.81 bits per heavy atom. The number of aryl methyl sites for hydroxylation is 1. The number of benzene rings is 2. The van der Waals surface area contributed by atoms with Gasteiger partial charge in [-0.15, -0.1) is 0 Å². The van der Waals surface area contributed by atoms with Crippen molar-refractivity contribution in [1.82, 2.24) is 0 Å². The van der Waals surface area contributed by atoms with E-state index in [2.05, 4.69) is 5.32 Å². The second-order valence-corrected chi connectivity index (χ2v) is 7.54. The summed E-state index contributed by atoms with van der Waals surface area (Å²) < 4.78 is 16.4. The molecule has 0 saturated carbocycles. The van der Waals surface area contributed by atoms with Gasteiger partial charge in [-0.1, -0.05) is 48.5 Å². The van der Waals surface area contributed by atoms with Gasteiger partial charge in [0.15, 0.2) is 0 Å². The molecule has 0 radical (unpaired) electrons. The van der Waals surface area contributed by atoms with Gasteiger partial charge in [0.05, 0.1) is 0 Å². The first-order valence-electron chi connectivity index (χ1n) is 9.88. The number of hydrogen-bond donors (Lipinski definition) is 2. The van der Waals surface area contributed by atoms with Crippen LogP contribution in [0.3, 0.4) is 0 Å². The zero-order chi connectivity index (χ0) is 22.5. The molecule has 2 aliphatic rings. The fourth-order valence-corrected chi connectivity index (χ4v) is 4.28. The average Bonchev–Trinajstić information content (AvgIpc) is 3.04. The molecule has 0 saturated heterocycles. The molecule has 3 aromatic rings. The van der Waals surface area contributed by atoms with Crippen molar-refractivity contribution >= 4 is 17.6 Å². The molecule has 5 rings (SSSR count). The number of carbonyl (C=O) groups is 2. The minimum atomic E-state index is -1.86. The summed E-state index contributed by atoms with van der Waals surface area (Å²) in [7, 11) is 0.